The average molecular weight is 398 g/mol. The molecule has 1 fully saturated rings. The van der Waals surface area contributed by atoms with Gasteiger partial charge in [-0.1, -0.05) is 17.2 Å². The smallest absolute Gasteiger partial charge is 0.322 e. The Bertz CT molecular complexity index is 1050. The van der Waals surface area contributed by atoms with Gasteiger partial charge in [0.25, 0.3) is 0 Å². The van der Waals surface area contributed by atoms with Crippen LogP contribution < -0.4 is 10.2 Å². The topological polar surface area (TPSA) is 88.3 Å². The number of halogens is 2. The van der Waals surface area contributed by atoms with E-state index in [4.69, 9.17) is 4.42 Å². The molecule has 1 N–H and O–H groups in total. The standard InChI is InChI=1S/C20H16F2N4O3/c21-14-4-6-16(7-5-14)26-11-13(10-18(26)28)19-24-25-20(29-19)23-17(27)9-12-2-1-3-15(22)8-12/h1-8,13H,9-11H2,(H,23,25,27)/t13-/m1/s1. The van der Waals surface area contributed by atoms with Crippen LogP contribution >= 0.6 is 0 Å². The SMILES string of the molecule is O=C(Cc1cccc(F)c1)Nc1nnc([C@@H]2CC(=O)N(c3ccc(F)cc3)C2)o1. The zero-order chi connectivity index (χ0) is 20.4. The quantitative estimate of drug-likeness (QED) is 0.714. The number of carbonyl (C=O) groups is 2. The van der Waals surface area contributed by atoms with Gasteiger partial charge in [0.1, 0.15) is 11.6 Å². The van der Waals surface area contributed by atoms with Crippen LogP contribution in [0.1, 0.15) is 23.8 Å². The summed E-state index contributed by atoms with van der Waals surface area (Å²) in [7, 11) is 0. The van der Waals surface area contributed by atoms with Crippen LogP contribution in [0.15, 0.2) is 52.9 Å². The van der Waals surface area contributed by atoms with Gasteiger partial charge in [0.15, 0.2) is 0 Å². The third-order valence-electron chi connectivity index (χ3n) is 4.55. The Hall–Kier alpha value is -3.62. The highest BCUT2D eigenvalue weighted by Gasteiger charge is 2.35. The van der Waals surface area contributed by atoms with Crippen LogP contribution in [0.2, 0.25) is 0 Å². The van der Waals surface area contributed by atoms with E-state index in [1.54, 1.807) is 6.07 Å². The maximum atomic E-state index is 13.2. The minimum absolute atomic E-state index is 0.0459. The molecule has 1 aliphatic heterocycles. The number of amides is 2. The first-order valence-corrected chi connectivity index (χ1v) is 8.91. The lowest BCUT2D eigenvalue weighted by Crippen LogP contribution is -2.24. The van der Waals surface area contributed by atoms with Gasteiger partial charge in [0.2, 0.25) is 17.7 Å². The van der Waals surface area contributed by atoms with Crippen LogP contribution in [0.5, 0.6) is 0 Å². The molecule has 1 aromatic heterocycles. The fourth-order valence-corrected chi connectivity index (χ4v) is 3.19. The highest BCUT2D eigenvalue weighted by atomic mass is 19.1. The Morgan fingerprint density at radius 3 is 2.69 bits per heavy atom. The summed E-state index contributed by atoms with van der Waals surface area (Å²) in [5.41, 5.74) is 1.10. The van der Waals surface area contributed by atoms with Gasteiger partial charge in [-0.25, -0.2) is 8.78 Å². The molecule has 1 atom stereocenters. The van der Waals surface area contributed by atoms with Gasteiger partial charge < -0.3 is 9.32 Å². The molecule has 2 aromatic carbocycles. The van der Waals surface area contributed by atoms with Gasteiger partial charge in [-0.15, -0.1) is 5.10 Å². The molecule has 2 amide bonds. The van der Waals surface area contributed by atoms with E-state index in [1.165, 1.54) is 47.4 Å². The van der Waals surface area contributed by atoms with Gasteiger partial charge in [-0.2, -0.15) is 0 Å². The van der Waals surface area contributed by atoms with Crippen LogP contribution in [0.4, 0.5) is 20.5 Å². The predicted octanol–water partition coefficient (Wildman–Crippen LogP) is 3.05. The maximum Gasteiger partial charge on any atom is 0.322 e. The number of anilines is 2. The van der Waals surface area contributed by atoms with Gasteiger partial charge in [0.05, 0.1) is 12.3 Å². The Morgan fingerprint density at radius 2 is 1.93 bits per heavy atom. The summed E-state index contributed by atoms with van der Waals surface area (Å²) in [4.78, 5) is 25.9. The van der Waals surface area contributed by atoms with E-state index in [2.05, 4.69) is 15.5 Å². The second-order valence-corrected chi connectivity index (χ2v) is 6.68. The summed E-state index contributed by atoms with van der Waals surface area (Å²) in [5.74, 6) is -1.49. The number of rotatable bonds is 5. The van der Waals surface area contributed by atoms with E-state index in [1.807, 2.05) is 0 Å². The molecule has 0 unspecified atom stereocenters. The van der Waals surface area contributed by atoms with Crippen molar-refractivity contribution < 1.29 is 22.8 Å². The Balaban J connectivity index is 1.39. The lowest BCUT2D eigenvalue weighted by molar-refractivity contribution is -0.117. The van der Waals surface area contributed by atoms with E-state index in [0.29, 0.717) is 17.8 Å². The molecule has 2 heterocycles. The fraction of sp³-hybridized carbons (Fsp3) is 0.200. The van der Waals surface area contributed by atoms with Crippen molar-refractivity contribution >= 4 is 23.5 Å². The molecule has 0 radical (unpaired) electrons. The van der Waals surface area contributed by atoms with Crippen molar-refractivity contribution in [1.82, 2.24) is 10.2 Å². The zero-order valence-corrected chi connectivity index (χ0v) is 15.1. The second-order valence-electron chi connectivity index (χ2n) is 6.68. The molecule has 0 aliphatic carbocycles. The van der Waals surface area contributed by atoms with Crippen molar-refractivity contribution in [2.45, 2.75) is 18.8 Å². The van der Waals surface area contributed by atoms with Crippen LogP contribution in [0.25, 0.3) is 0 Å². The molecule has 3 aromatic rings. The number of benzene rings is 2. The van der Waals surface area contributed by atoms with E-state index < -0.39 is 11.7 Å². The number of nitrogens with zero attached hydrogens (tertiary/aromatic N) is 3. The Kier molecular flexibility index (Phi) is 5.03. The van der Waals surface area contributed by atoms with E-state index in [-0.39, 0.29) is 42.4 Å². The van der Waals surface area contributed by atoms with Crippen molar-refractivity contribution in [3.63, 3.8) is 0 Å². The molecule has 4 rings (SSSR count). The number of hydrogen-bond acceptors (Lipinski definition) is 5. The summed E-state index contributed by atoms with van der Waals surface area (Å²) in [6.45, 7) is 0.309. The molecule has 0 saturated carbocycles. The van der Waals surface area contributed by atoms with Crippen molar-refractivity contribution in [2.24, 2.45) is 0 Å². The third-order valence-corrected chi connectivity index (χ3v) is 4.55. The van der Waals surface area contributed by atoms with Crippen molar-refractivity contribution in [3.8, 4) is 0 Å². The molecule has 148 valence electrons. The largest absolute Gasteiger partial charge is 0.407 e. The van der Waals surface area contributed by atoms with Crippen molar-refractivity contribution in [2.75, 3.05) is 16.8 Å². The van der Waals surface area contributed by atoms with Crippen LogP contribution in [0.3, 0.4) is 0 Å². The minimum Gasteiger partial charge on any atom is -0.407 e. The first-order valence-electron chi connectivity index (χ1n) is 8.91. The number of carbonyl (C=O) groups excluding carboxylic acids is 2. The predicted molar refractivity (Wildman–Crippen MR) is 99.1 cm³/mol. The number of nitrogens with one attached hydrogen (secondary N) is 1. The monoisotopic (exact) mass is 398 g/mol. The summed E-state index contributed by atoms with van der Waals surface area (Å²) < 4.78 is 31.8. The number of hydrogen-bond donors (Lipinski definition) is 1. The Morgan fingerprint density at radius 1 is 1.14 bits per heavy atom. The zero-order valence-electron chi connectivity index (χ0n) is 15.1. The lowest BCUT2D eigenvalue weighted by atomic mass is 10.1. The Labute approximate surface area is 164 Å². The van der Waals surface area contributed by atoms with Crippen molar-refractivity contribution in [3.05, 3.63) is 71.6 Å². The minimum atomic E-state index is -0.429. The third kappa shape index (κ3) is 4.29. The maximum absolute atomic E-state index is 13.2. The second kappa shape index (κ2) is 7.78. The van der Waals surface area contributed by atoms with E-state index >= 15 is 0 Å². The molecule has 1 saturated heterocycles. The van der Waals surface area contributed by atoms with Crippen LogP contribution in [-0.2, 0) is 16.0 Å². The van der Waals surface area contributed by atoms with Gasteiger partial charge in [0, 0.05) is 18.7 Å². The molecule has 9 heteroatoms. The molecule has 29 heavy (non-hydrogen) atoms. The molecular weight excluding hydrogens is 382 g/mol. The van der Waals surface area contributed by atoms with Gasteiger partial charge in [-0.05, 0) is 42.0 Å². The van der Waals surface area contributed by atoms with Crippen molar-refractivity contribution in [1.29, 1.82) is 0 Å². The fourth-order valence-electron chi connectivity index (χ4n) is 3.19. The highest BCUT2D eigenvalue weighted by molar-refractivity contribution is 5.96. The summed E-state index contributed by atoms with van der Waals surface area (Å²) in [6, 6.07) is 11.3. The molecule has 0 spiro atoms. The van der Waals surface area contributed by atoms with Gasteiger partial charge >= 0.3 is 6.01 Å². The summed E-state index contributed by atoms with van der Waals surface area (Å²) in [6.07, 6.45) is 0.117. The van der Waals surface area contributed by atoms with E-state index in [0.717, 1.165) is 0 Å². The lowest BCUT2D eigenvalue weighted by Gasteiger charge is -2.15. The average Bonchev–Trinajstić information content (AvgIpc) is 3.29. The molecule has 0 bridgehead atoms. The summed E-state index contributed by atoms with van der Waals surface area (Å²) >= 11 is 0. The normalized spacial score (nSPS) is 16.3. The molecular formula is C20H16F2N4O3. The first kappa shape index (κ1) is 18.7. The summed E-state index contributed by atoms with van der Waals surface area (Å²) in [5, 5.41) is 10.2. The highest BCUT2D eigenvalue weighted by Crippen LogP contribution is 2.31. The molecule has 1 aliphatic rings. The van der Waals surface area contributed by atoms with Gasteiger partial charge in [-0.3, -0.25) is 14.9 Å². The van der Waals surface area contributed by atoms with Crippen LogP contribution in [0, 0.1) is 11.6 Å². The number of aromatic nitrogens is 2. The first-order chi connectivity index (χ1) is 14.0. The van der Waals surface area contributed by atoms with E-state index in [9.17, 15) is 18.4 Å². The van der Waals surface area contributed by atoms with Crippen LogP contribution in [-0.4, -0.2) is 28.6 Å². The molecule has 7 nitrogen and oxygen atoms in total.